The molecule has 4 rings (SSSR count). The zero-order valence-electron chi connectivity index (χ0n) is 12.4. The minimum atomic E-state index is -0.274. The molecule has 0 radical (unpaired) electrons. The van der Waals surface area contributed by atoms with Gasteiger partial charge in [0.15, 0.2) is 0 Å². The normalized spacial score (nSPS) is 11.0. The van der Waals surface area contributed by atoms with Gasteiger partial charge in [-0.2, -0.15) is 0 Å². The number of nitrogens with zero attached hydrogens (tertiary/aromatic N) is 4. The van der Waals surface area contributed by atoms with E-state index in [1.807, 2.05) is 0 Å². The molecule has 7 heteroatoms. The first kappa shape index (κ1) is 14.8. The van der Waals surface area contributed by atoms with Crippen LogP contribution in [0.25, 0.3) is 22.4 Å². The van der Waals surface area contributed by atoms with Gasteiger partial charge in [-0.15, -0.1) is 10.2 Å². The highest BCUT2D eigenvalue weighted by Gasteiger charge is 2.11. The maximum absolute atomic E-state index is 13.8. The van der Waals surface area contributed by atoms with Gasteiger partial charge >= 0.3 is 0 Å². The lowest BCUT2D eigenvalue weighted by Gasteiger charge is -2.04. The summed E-state index contributed by atoms with van der Waals surface area (Å²) in [5, 5.41) is 9.04. The van der Waals surface area contributed by atoms with Crippen molar-refractivity contribution in [2.24, 2.45) is 0 Å². The quantitative estimate of drug-likeness (QED) is 0.522. The molecule has 0 fully saturated rings. The van der Waals surface area contributed by atoms with Crippen LogP contribution in [-0.4, -0.2) is 20.2 Å². The molecule has 0 aliphatic rings. The van der Waals surface area contributed by atoms with Crippen LogP contribution in [0.4, 0.5) is 4.39 Å². The van der Waals surface area contributed by atoms with Gasteiger partial charge in [0, 0.05) is 35.3 Å². The second kappa shape index (κ2) is 6.37. The number of aromatic nitrogens is 4. The molecule has 4 aromatic rings. The van der Waals surface area contributed by atoms with Crippen LogP contribution in [0, 0.1) is 5.82 Å². The Kier molecular flexibility index (Phi) is 3.92. The Labute approximate surface area is 141 Å². The summed E-state index contributed by atoms with van der Waals surface area (Å²) in [6, 6.07) is 10.2. The number of hydrogen-bond donors (Lipinski definition) is 0. The standard InChI is InChI=1S/C17H11FN4OS/c18-14-4-3-12(15-13(14)2-1-7-20-15)10-24-17-22-21-16(23-17)11-5-8-19-9-6-11/h1-9H,10H2. The van der Waals surface area contributed by atoms with Gasteiger partial charge in [0.05, 0.1) is 5.52 Å². The molecule has 3 aromatic heterocycles. The fraction of sp³-hybridized carbons (Fsp3) is 0.0588. The van der Waals surface area contributed by atoms with Crippen molar-refractivity contribution < 1.29 is 8.81 Å². The average molecular weight is 338 g/mol. The van der Waals surface area contributed by atoms with Crippen molar-refractivity contribution >= 4 is 22.7 Å². The number of thioether (sulfide) groups is 1. The van der Waals surface area contributed by atoms with E-state index in [1.54, 1.807) is 48.9 Å². The number of halogens is 1. The monoisotopic (exact) mass is 338 g/mol. The Morgan fingerprint density at radius 2 is 1.88 bits per heavy atom. The zero-order valence-corrected chi connectivity index (χ0v) is 13.2. The van der Waals surface area contributed by atoms with Gasteiger partial charge in [-0.25, -0.2) is 4.39 Å². The molecule has 5 nitrogen and oxygen atoms in total. The van der Waals surface area contributed by atoms with Gasteiger partial charge in [0.25, 0.3) is 5.22 Å². The maximum atomic E-state index is 13.8. The summed E-state index contributed by atoms with van der Waals surface area (Å²) >= 11 is 1.39. The highest BCUT2D eigenvalue weighted by Crippen LogP contribution is 2.28. The third-order valence-corrected chi connectivity index (χ3v) is 4.35. The molecule has 0 saturated heterocycles. The van der Waals surface area contributed by atoms with Crippen LogP contribution < -0.4 is 0 Å². The average Bonchev–Trinajstić information content (AvgIpc) is 3.11. The van der Waals surface area contributed by atoms with E-state index in [0.29, 0.717) is 27.8 Å². The van der Waals surface area contributed by atoms with Crippen molar-refractivity contribution in [3.8, 4) is 11.5 Å². The van der Waals surface area contributed by atoms with Gasteiger partial charge in [0.2, 0.25) is 5.89 Å². The van der Waals surface area contributed by atoms with Crippen molar-refractivity contribution in [3.05, 3.63) is 66.4 Å². The van der Waals surface area contributed by atoms with Crippen molar-refractivity contribution in [1.29, 1.82) is 0 Å². The lowest BCUT2D eigenvalue weighted by Crippen LogP contribution is -1.90. The molecule has 1 aromatic carbocycles. The fourth-order valence-corrected chi connectivity index (χ4v) is 3.08. The molecule has 0 spiro atoms. The van der Waals surface area contributed by atoms with Crippen molar-refractivity contribution in [2.45, 2.75) is 11.0 Å². The molecule has 3 heterocycles. The second-order valence-corrected chi connectivity index (χ2v) is 5.93. The molecule has 0 aliphatic heterocycles. The fourth-order valence-electron chi connectivity index (χ4n) is 2.33. The van der Waals surface area contributed by atoms with Crippen LogP contribution in [0.3, 0.4) is 0 Å². The molecule has 0 N–H and O–H groups in total. The smallest absolute Gasteiger partial charge is 0.277 e. The van der Waals surface area contributed by atoms with Crippen LogP contribution >= 0.6 is 11.8 Å². The van der Waals surface area contributed by atoms with Crippen molar-refractivity contribution in [2.75, 3.05) is 0 Å². The molecule has 118 valence electrons. The van der Waals surface area contributed by atoms with E-state index in [4.69, 9.17) is 4.42 Å². The van der Waals surface area contributed by atoms with Crippen LogP contribution in [0.5, 0.6) is 0 Å². The number of pyridine rings is 2. The molecule has 0 aliphatic carbocycles. The van der Waals surface area contributed by atoms with Crippen LogP contribution in [0.1, 0.15) is 5.56 Å². The van der Waals surface area contributed by atoms with Gasteiger partial charge < -0.3 is 4.42 Å². The summed E-state index contributed by atoms with van der Waals surface area (Å²) in [6.07, 6.45) is 5.00. The Morgan fingerprint density at radius 1 is 1.00 bits per heavy atom. The van der Waals surface area contributed by atoms with Crippen LogP contribution in [0.15, 0.2) is 64.6 Å². The summed E-state index contributed by atoms with van der Waals surface area (Å²) in [5.41, 5.74) is 2.39. The van der Waals surface area contributed by atoms with Gasteiger partial charge in [-0.3, -0.25) is 9.97 Å². The first-order valence-electron chi connectivity index (χ1n) is 7.20. The lowest BCUT2D eigenvalue weighted by atomic mass is 10.1. The first-order valence-corrected chi connectivity index (χ1v) is 8.18. The molecule has 0 amide bonds. The highest BCUT2D eigenvalue weighted by molar-refractivity contribution is 7.98. The Balaban J connectivity index is 1.56. The highest BCUT2D eigenvalue weighted by atomic mass is 32.2. The molecule has 0 atom stereocenters. The molecular formula is C17H11FN4OS. The van der Waals surface area contributed by atoms with E-state index in [2.05, 4.69) is 20.2 Å². The van der Waals surface area contributed by atoms with E-state index in [-0.39, 0.29) is 5.82 Å². The van der Waals surface area contributed by atoms with Crippen molar-refractivity contribution in [1.82, 2.24) is 20.2 Å². The molecular weight excluding hydrogens is 327 g/mol. The van der Waals surface area contributed by atoms with Gasteiger partial charge in [-0.1, -0.05) is 17.8 Å². The van der Waals surface area contributed by atoms with E-state index in [1.165, 1.54) is 17.8 Å². The molecule has 0 saturated carbocycles. The lowest BCUT2D eigenvalue weighted by molar-refractivity contribution is 0.466. The second-order valence-electron chi connectivity index (χ2n) is 5.00. The summed E-state index contributed by atoms with van der Waals surface area (Å²) in [4.78, 5) is 8.24. The Bertz CT molecular complexity index is 990. The Morgan fingerprint density at radius 3 is 2.75 bits per heavy atom. The van der Waals surface area contributed by atoms with Gasteiger partial charge in [-0.05, 0) is 35.9 Å². The predicted octanol–water partition coefficient (Wildman–Crippen LogP) is 4.11. The number of rotatable bonds is 4. The van der Waals surface area contributed by atoms with E-state index in [0.717, 1.165) is 11.1 Å². The SMILES string of the molecule is Fc1ccc(CSc2nnc(-c3ccncc3)o2)c2ncccc12. The topological polar surface area (TPSA) is 64.7 Å². The van der Waals surface area contributed by atoms with Crippen molar-refractivity contribution in [3.63, 3.8) is 0 Å². The number of hydrogen-bond acceptors (Lipinski definition) is 6. The zero-order chi connectivity index (χ0) is 16.4. The maximum Gasteiger partial charge on any atom is 0.277 e. The Hall–Kier alpha value is -2.80. The van der Waals surface area contributed by atoms with Gasteiger partial charge in [0.1, 0.15) is 5.82 Å². The van der Waals surface area contributed by atoms with E-state index >= 15 is 0 Å². The first-order chi connectivity index (χ1) is 11.8. The summed E-state index contributed by atoms with van der Waals surface area (Å²) in [5.74, 6) is 0.734. The number of benzene rings is 1. The summed E-state index contributed by atoms with van der Waals surface area (Å²) < 4.78 is 19.5. The molecule has 24 heavy (non-hydrogen) atoms. The summed E-state index contributed by atoms with van der Waals surface area (Å²) in [7, 11) is 0. The molecule has 0 unspecified atom stereocenters. The predicted molar refractivity (Wildman–Crippen MR) is 88.8 cm³/mol. The third-order valence-electron chi connectivity index (χ3n) is 3.48. The minimum Gasteiger partial charge on any atom is -0.411 e. The van der Waals surface area contributed by atoms with Crippen LogP contribution in [0.2, 0.25) is 0 Å². The van der Waals surface area contributed by atoms with E-state index < -0.39 is 0 Å². The van der Waals surface area contributed by atoms with Crippen LogP contribution in [-0.2, 0) is 5.75 Å². The van der Waals surface area contributed by atoms with E-state index in [9.17, 15) is 4.39 Å². The summed E-state index contributed by atoms with van der Waals surface area (Å²) in [6.45, 7) is 0. The molecule has 0 bridgehead atoms. The minimum absolute atomic E-state index is 0.274. The number of fused-ring (bicyclic) bond motifs is 1. The largest absolute Gasteiger partial charge is 0.411 e. The third kappa shape index (κ3) is 2.85.